The van der Waals surface area contributed by atoms with E-state index in [1.807, 2.05) is 27.7 Å². The fraction of sp³-hybridized carbons (Fsp3) is 0.842. The Hall–Kier alpha value is -1.07. The first-order valence-electron chi connectivity index (χ1n) is 9.12. The average molecular weight is 339 g/mol. The molecular formula is C19H33NO4. The molecule has 2 fully saturated rings. The van der Waals surface area contributed by atoms with E-state index < -0.39 is 29.6 Å². The summed E-state index contributed by atoms with van der Waals surface area (Å²) in [6.07, 6.45) is 3.10. The number of ether oxygens (including phenoxy) is 2. The van der Waals surface area contributed by atoms with Crippen molar-refractivity contribution < 1.29 is 19.4 Å². The molecule has 1 saturated heterocycles. The van der Waals surface area contributed by atoms with E-state index in [0.29, 0.717) is 12.2 Å². The van der Waals surface area contributed by atoms with Crippen LogP contribution in [0.1, 0.15) is 66.7 Å². The standard InChI is InChI=1S/C19H33NO4/c1-13(2)14(3)16(21)15(4)24-17(22)20-18(5,6)12-23-19(20)10-8-7-9-11-19/h13,15-16,21H,3,7-12H2,1-2,4-6H3. The van der Waals surface area contributed by atoms with Gasteiger partial charge in [0, 0.05) is 0 Å². The van der Waals surface area contributed by atoms with Gasteiger partial charge in [-0.15, -0.1) is 0 Å². The quantitative estimate of drug-likeness (QED) is 0.790. The van der Waals surface area contributed by atoms with Gasteiger partial charge in [0.15, 0.2) is 0 Å². The lowest BCUT2D eigenvalue weighted by Crippen LogP contribution is -2.57. The first kappa shape index (κ1) is 19.3. The molecule has 2 atom stereocenters. The van der Waals surface area contributed by atoms with Crippen LogP contribution in [-0.2, 0) is 9.47 Å². The number of hydrogen-bond donors (Lipinski definition) is 1. The van der Waals surface area contributed by atoms with Crippen LogP contribution in [0, 0.1) is 5.92 Å². The van der Waals surface area contributed by atoms with Crippen LogP contribution in [0.5, 0.6) is 0 Å². The van der Waals surface area contributed by atoms with Crippen LogP contribution in [-0.4, -0.2) is 46.2 Å². The summed E-state index contributed by atoms with van der Waals surface area (Å²) in [5.74, 6) is 0.136. The van der Waals surface area contributed by atoms with Crippen molar-refractivity contribution in [3.8, 4) is 0 Å². The Morgan fingerprint density at radius 1 is 1.21 bits per heavy atom. The Bertz CT molecular complexity index is 480. The number of aliphatic hydroxyl groups excluding tert-OH is 1. The van der Waals surface area contributed by atoms with Crippen LogP contribution >= 0.6 is 0 Å². The number of rotatable bonds is 4. The molecule has 5 heteroatoms. The molecule has 0 bridgehead atoms. The first-order chi connectivity index (χ1) is 11.1. The lowest BCUT2D eigenvalue weighted by atomic mass is 9.89. The molecule has 0 aromatic carbocycles. The molecule has 0 aromatic heterocycles. The zero-order valence-corrected chi connectivity index (χ0v) is 15.8. The van der Waals surface area contributed by atoms with Crippen molar-refractivity contribution >= 4 is 6.09 Å². The minimum atomic E-state index is -0.858. The Balaban J connectivity index is 2.12. The number of nitrogens with zero attached hydrogens (tertiary/aromatic N) is 1. The zero-order chi connectivity index (χ0) is 18.1. The summed E-state index contributed by atoms with van der Waals surface area (Å²) < 4.78 is 11.7. The maximum Gasteiger partial charge on any atom is 0.412 e. The monoisotopic (exact) mass is 339 g/mol. The maximum atomic E-state index is 12.9. The van der Waals surface area contributed by atoms with Crippen LogP contribution < -0.4 is 0 Å². The third-order valence-electron chi connectivity index (χ3n) is 5.38. The van der Waals surface area contributed by atoms with E-state index in [4.69, 9.17) is 9.47 Å². The fourth-order valence-corrected chi connectivity index (χ4v) is 3.80. The molecule has 0 aromatic rings. The molecule has 138 valence electrons. The summed E-state index contributed by atoms with van der Waals surface area (Å²) >= 11 is 0. The van der Waals surface area contributed by atoms with Gasteiger partial charge in [-0.25, -0.2) is 4.79 Å². The first-order valence-corrected chi connectivity index (χ1v) is 9.12. The van der Waals surface area contributed by atoms with Crippen molar-refractivity contribution in [3.63, 3.8) is 0 Å². The van der Waals surface area contributed by atoms with E-state index in [0.717, 1.165) is 25.7 Å². The molecule has 0 radical (unpaired) electrons. The average Bonchev–Trinajstić information content (AvgIpc) is 2.77. The Morgan fingerprint density at radius 3 is 2.33 bits per heavy atom. The molecule has 1 N–H and O–H groups in total. The highest BCUT2D eigenvalue weighted by molar-refractivity contribution is 5.70. The summed E-state index contributed by atoms with van der Waals surface area (Å²) in [5.41, 5.74) is -0.271. The number of carbonyl (C=O) groups is 1. The van der Waals surface area contributed by atoms with E-state index >= 15 is 0 Å². The molecule has 1 heterocycles. The molecule has 2 rings (SSSR count). The number of amides is 1. The Labute approximate surface area is 146 Å². The van der Waals surface area contributed by atoms with Crippen LogP contribution in [0.4, 0.5) is 4.79 Å². The van der Waals surface area contributed by atoms with Crippen LogP contribution in [0.3, 0.4) is 0 Å². The van der Waals surface area contributed by atoms with Crippen molar-refractivity contribution in [2.75, 3.05) is 6.61 Å². The van der Waals surface area contributed by atoms with Gasteiger partial charge in [-0.3, -0.25) is 4.90 Å². The molecule has 24 heavy (non-hydrogen) atoms. The molecule has 1 saturated carbocycles. The van der Waals surface area contributed by atoms with Gasteiger partial charge in [-0.05, 0) is 57.9 Å². The van der Waals surface area contributed by atoms with Gasteiger partial charge in [-0.2, -0.15) is 0 Å². The maximum absolute atomic E-state index is 12.9. The summed E-state index contributed by atoms with van der Waals surface area (Å²) in [4.78, 5) is 14.7. The van der Waals surface area contributed by atoms with Crippen molar-refractivity contribution in [1.29, 1.82) is 0 Å². The van der Waals surface area contributed by atoms with Gasteiger partial charge in [-0.1, -0.05) is 26.8 Å². The van der Waals surface area contributed by atoms with Gasteiger partial charge in [0.25, 0.3) is 0 Å². The second kappa shape index (κ2) is 7.04. The number of aliphatic hydroxyl groups is 1. The van der Waals surface area contributed by atoms with E-state index in [9.17, 15) is 9.90 Å². The second-order valence-electron chi connectivity index (χ2n) is 8.21. The fourth-order valence-electron chi connectivity index (χ4n) is 3.80. The molecule has 2 aliphatic rings. The lowest BCUT2D eigenvalue weighted by Gasteiger charge is -2.44. The van der Waals surface area contributed by atoms with Gasteiger partial charge in [0.1, 0.15) is 17.9 Å². The van der Waals surface area contributed by atoms with Crippen LogP contribution in [0.15, 0.2) is 12.2 Å². The van der Waals surface area contributed by atoms with E-state index in [-0.39, 0.29) is 5.92 Å². The predicted octanol–water partition coefficient (Wildman–Crippen LogP) is 3.86. The van der Waals surface area contributed by atoms with E-state index in [1.54, 1.807) is 11.8 Å². The van der Waals surface area contributed by atoms with Gasteiger partial charge >= 0.3 is 6.09 Å². The highest BCUT2D eigenvalue weighted by atomic mass is 16.6. The number of carbonyl (C=O) groups excluding carboxylic acids is 1. The largest absolute Gasteiger partial charge is 0.443 e. The third-order valence-corrected chi connectivity index (χ3v) is 5.38. The lowest BCUT2D eigenvalue weighted by molar-refractivity contribution is -0.110. The normalized spacial score (nSPS) is 24.9. The van der Waals surface area contributed by atoms with Crippen molar-refractivity contribution in [3.05, 3.63) is 12.2 Å². The summed E-state index contributed by atoms with van der Waals surface area (Å²) in [6, 6.07) is 0. The van der Waals surface area contributed by atoms with Crippen molar-refractivity contribution in [2.45, 2.75) is 90.2 Å². The Morgan fingerprint density at radius 2 is 1.79 bits per heavy atom. The van der Waals surface area contributed by atoms with E-state index in [2.05, 4.69) is 6.58 Å². The van der Waals surface area contributed by atoms with Crippen LogP contribution in [0.2, 0.25) is 0 Å². The minimum Gasteiger partial charge on any atom is -0.443 e. The van der Waals surface area contributed by atoms with Crippen LogP contribution in [0.25, 0.3) is 0 Å². The summed E-state index contributed by atoms with van der Waals surface area (Å²) in [7, 11) is 0. The smallest absolute Gasteiger partial charge is 0.412 e. The van der Waals surface area contributed by atoms with Gasteiger partial charge < -0.3 is 14.6 Å². The minimum absolute atomic E-state index is 0.136. The second-order valence-corrected chi connectivity index (χ2v) is 8.21. The number of hydrogen-bond acceptors (Lipinski definition) is 4. The van der Waals surface area contributed by atoms with Gasteiger partial charge in [0.05, 0.1) is 12.1 Å². The van der Waals surface area contributed by atoms with Crippen molar-refractivity contribution in [1.82, 2.24) is 4.90 Å². The molecule has 1 spiro atoms. The van der Waals surface area contributed by atoms with Crippen molar-refractivity contribution in [2.24, 2.45) is 5.92 Å². The summed E-state index contributed by atoms with van der Waals surface area (Å²) in [6.45, 7) is 14.1. The molecule has 2 unspecified atom stereocenters. The zero-order valence-electron chi connectivity index (χ0n) is 15.8. The topological polar surface area (TPSA) is 59.0 Å². The van der Waals surface area contributed by atoms with Gasteiger partial charge in [0.2, 0.25) is 0 Å². The molecule has 1 amide bonds. The SMILES string of the molecule is C=C(C(C)C)C(O)C(C)OC(=O)N1C(C)(C)COC12CCCCC2. The Kier molecular flexibility index (Phi) is 5.65. The van der Waals surface area contributed by atoms with E-state index in [1.165, 1.54) is 6.42 Å². The third kappa shape index (κ3) is 3.62. The summed E-state index contributed by atoms with van der Waals surface area (Å²) in [5, 5.41) is 10.4. The highest BCUT2D eigenvalue weighted by Crippen LogP contribution is 2.44. The molecule has 5 nitrogen and oxygen atoms in total. The molecule has 1 aliphatic heterocycles. The predicted molar refractivity (Wildman–Crippen MR) is 93.6 cm³/mol. The highest BCUT2D eigenvalue weighted by Gasteiger charge is 2.55. The molecule has 1 aliphatic carbocycles. The molecular weight excluding hydrogens is 306 g/mol.